The number of hydrogen-bond donors (Lipinski definition) is 2. The number of aliphatic hydroxyl groups excluding tert-OH is 1. The average molecular weight is 199 g/mol. The molecule has 0 saturated carbocycles. The van der Waals surface area contributed by atoms with Crippen LogP contribution in [-0.4, -0.2) is 15.2 Å². The summed E-state index contributed by atoms with van der Waals surface area (Å²) < 4.78 is 0. The largest absolute Gasteiger partial charge is 0.506 e. The van der Waals surface area contributed by atoms with Crippen LogP contribution >= 0.6 is 0 Å². The third-order valence-electron chi connectivity index (χ3n) is 1.24. The minimum Gasteiger partial charge on any atom is -0.506 e. The lowest BCUT2D eigenvalue weighted by atomic mass is 10.3. The standard InChI is InChI=1S/C7H9NO2.2C2H6/c1-5-2-3-7(10)6(4-9)8-5;2*1-2/h2-3,9-10H,4H2,1H3;2*1-2H3. The van der Waals surface area contributed by atoms with Gasteiger partial charge in [0.1, 0.15) is 11.4 Å². The van der Waals surface area contributed by atoms with E-state index in [9.17, 15) is 0 Å². The van der Waals surface area contributed by atoms with E-state index in [1.807, 2.05) is 27.7 Å². The van der Waals surface area contributed by atoms with Crippen molar-refractivity contribution in [2.75, 3.05) is 0 Å². The van der Waals surface area contributed by atoms with Crippen LogP contribution in [-0.2, 0) is 6.61 Å². The highest BCUT2D eigenvalue weighted by Crippen LogP contribution is 2.13. The van der Waals surface area contributed by atoms with E-state index in [4.69, 9.17) is 10.2 Å². The van der Waals surface area contributed by atoms with Crippen molar-refractivity contribution in [2.45, 2.75) is 41.2 Å². The van der Waals surface area contributed by atoms with E-state index in [1.165, 1.54) is 6.07 Å². The fourth-order valence-electron chi connectivity index (χ4n) is 0.720. The van der Waals surface area contributed by atoms with Crippen molar-refractivity contribution in [2.24, 2.45) is 0 Å². The van der Waals surface area contributed by atoms with E-state index in [0.29, 0.717) is 5.69 Å². The van der Waals surface area contributed by atoms with Gasteiger partial charge in [-0.1, -0.05) is 27.7 Å². The first-order chi connectivity index (χ1) is 6.74. The molecule has 1 aromatic rings. The van der Waals surface area contributed by atoms with Gasteiger partial charge >= 0.3 is 0 Å². The maximum Gasteiger partial charge on any atom is 0.139 e. The quantitative estimate of drug-likeness (QED) is 0.731. The first-order valence-electron chi connectivity index (χ1n) is 5.00. The van der Waals surface area contributed by atoms with Gasteiger partial charge < -0.3 is 10.2 Å². The van der Waals surface area contributed by atoms with Crippen molar-refractivity contribution in [1.82, 2.24) is 4.98 Å². The van der Waals surface area contributed by atoms with Gasteiger partial charge in [-0.25, -0.2) is 0 Å². The number of aromatic nitrogens is 1. The molecule has 0 fully saturated rings. The van der Waals surface area contributed by atoms with Crippen molar-refractivity contribution in [1.29, 1.82) is 0 Å². The molecule has 3 heteroatoms. The van der Waals surface area contributed by atoms with Crippen LogP contribution in [0.4, 0.5) is 0 Å². The van der Waals surface area contributed by atoms with Gasteiger partial charge in [-0.15, -0.1) is 0 Å². The molecule has 0 aliphatic rings. The molecule has 0 spiro atoms. The number of aliphatic hydroxyl groups is 1. The molecule has 1 heterocycles. The number of aryl methyl sites for hydroxylation is 1. The Morgan fingerprint density at radius 2 is 1.64 bits per heavy atom. The third kappa shape index (κ3) is 5.54. The van der Waals surface area contributed by atoms with Crippen molar-refractivity contribution in [3.05, 3.63) is 23.5 Å². The van der Waals surface area contributed by atoms with Gasteiger partial charge in [-0.3, -0.25) is 4.98 Å². The second-order valence-electron chi connectivity index (χ2n) is 2.08. The summed E-state index contributed by atoms with van der Waals surface area (Å²) in [4.78, 5) is 3.89. The molecule has 0 aromatic carbocycles. The smallest absolute Gasteiger partial charge is 0.139 e. The van der Waals surface area contributed by atoms with Gasteiger partial charge in [0.05, 0.1) is 6.61 Å². The molecule has 3 nitrogen and oxygen atoms in total. The van der Waals surface area contributed by atoms with Gasteiger partial charge in [0.25, 0.3) is 0 Å². The van der Waals surface area contributed by atoms with Crippen LogP contribution in [0, 0.1) is 6.92 Å². The predicted molar refractivity (Wildman–Crippen MR) is 59.3 cm³/mol. The monoisotopic (exact) mass is 199 g/mol. The van der Waals surface area contributed by atoms with Crippen molar-refractivity contribution in [3.8, 4) is 5.75 Å². The molecule has 0 aliphatic carbocycles. The summed E-state index contributed by atoms with van der Waals surface area (Å²) in [6.07, 6.45) is 0. The van der Waals surface area contributed by atoms with Crippen LogP contribution < -0.4 is 0 Å². The van der Waals surface area contributed by atoms with Crippen molar-refractivity contribution in [3.63, 3.8) is 0 Å². The Balaban J connectivity index is 0. The summed E-state index contributed by atoms with van der Waals surface area (Å²) in [5, 5.41) is 17.6. The molecule has 82 valence electrons. The Bertz CT molecular complexity index is 237. The van der Waals surface area contributed by atoms with Crippen LogP contribution in [0.15, 0.2) is 12.1 Å². The summed E-state index contributed by atoms with van der Waals surface area (Å²) in [6, 6.07) is 3.21. The zero-order chi connectivity index (χ0) is 11.6. The Kier molecular flexibility index (Phi) is 11.0. The molecule has 0 saturated heterocycles. The first-order valence-corrected chi connectivity index (χ1v) is 5.00. The average Bonchev–Trinajstić information content (AvgIpc) is 2.27. The Morgan fingerprint density at radius 1 is 1.14 bits per heavy atom. The zero-order valence-electron chi connectivity index (χ0n) is 9.70. The highest BCUT2D eigenvalue weighted by atomic mass is 16.3. The highest BCUT2D eigenvalue weighted by Gasteiger charge is 1.99. The van der Waals surface area contributed by atoms with Crippen molar-refractivity contribution >= 4 is 0 Å². The molecule has 0 aliphatic heterocycles. The van der Waals surface area contributed by atoms with E-state index >= 15 is 0 Å². The molecule has 0 bridgehead atoms. The van der Waals surface area contributed by atoms with E-state index in [2.05, 4.69) is 4.98 Å². The van der Waals surface area contributed by atoms with Crippen LogP contribution in [0.3, 0.4) is 0 Å². The van der Waals surface area contributed by atoms with Crippen LogP contribution in [0.5, 0.6) is 5.75 Å². The number of nitrogens with zero attached hydrogens (tertiary/aromatic N) is 1. The van der Waals surface area contributed by atoms with Gasteiger partial charge in [0, 0.05) is 5.69 Å². The van der Waals surface area contributed by atoms with Gasteiger partial charge in [-0.2, -0.15) is 0 Å². The SMILES string of the molecule is CC.CC.Cc1ccc(O)c(CO)n1. The molecular formula is C11H21NO2. The second-order valence-corrected chi connectivity index (χ2v) is 2.08. The number of rotatable bonds is 1. The number of pyridine rings is 1. The first kappa shape index (κ1) is 15.4. The molecule has 0 radical (unpaired) electrons. The normalized spacial score (nSPS) is 7.86. The molecule has 14 heavy (non-hydrogen) atoms. The molecule has 0 atom stereocenters. The molecule has 1 aromatic heterocycles. The van der Waals surface area contributed by atoms with E-state index in [0.717, 1.165) is 5.69 Å². The molecular weight excluding hydrogens is 178 g/mol. The highest BCUT2D eigenvalue weighted by molar-refractivity contribution is 5.26. The minimum absolute atomic E-state index is 0.0492. The van der Waals surface area contributed by atoms with Crippen LogP contribution in [0.25, 0.3) is 0 Å². The van der Waals surface area contributed by atoms with Crippen LogP contribution in [0.1, 0.15) is 39.1 Å². The number of hydrogen-bond acceptors (Lipinski definition) is 3. The number of aromatic hydroxyl groups is 1. The van der Waals surface area contributed by atoms with Gasteiger partial charge in [0.15, 0.2) is 0 Å². The Morgan fingerprint density at radius 3 is 2.00 bits per heavy atom. The lowest BCUT2D eigenvalue weighted by molar-refractivity contribution is 0.269. The Labute approximate surface area is 86.4 Å². The topological polar surface area (TPSA) is 53.4 Å². The van der Waals surface area contributed by atoms with E-state index in [-0.39, 0.29) is 12.4 Å². The fraction of sp³-hybridized carbons (Fsp3) is 0.545. The summed E-state index contributed by atoms with van der Waals surface area (Å²) >= 11 is 0. The molecule has 0 unspecified atom stereocenters. The maximum atomic E-state index is 9.01. The van der Waals surface area contributed by atoms with Crippen molar-refractivity contribution < 1.29 is 10.2 Å². The summed E-state index contributed by atoms with van der Waals surface area (Å²) in [7, 11) is 0. The molecule has 1 rings (SSSR count). The maximum absolute atomic E-state index is 9.01. The summed E-state index contributed by atoms with van der Waals surface area (Å²) in [6.45, 7) is 9.59. The molecule has 2 N–H and O–H groups in total. The second kappa shape index (κ2) is 9.99. The van der Waals surface area contributed by atoms with E-state index in [1.54, 1.807) is 13.0 Å². The predicted octanol–water partition coefficient (Wildman–Crippen LogP) is 2.64. The lowest BCUT2D eigenvalue weighted by Gasteiger charge is -1.99. The minimum atomic E-state index is -0.215. The third-order valence-corrected chi connectivity index (χ3v) is 1.24. The van der Waals surface area contributed by atoms with Gasteiger partial charge in [0.2, 0.25) is 0 Å². The fourth-order valence-corrected chi connectivity index (χ4v) is 0.720. The van der Waals surface area contributed by atoms with Crippen LogP contribution in [0.2, 0.25) is 0 Å². The lowest BCUT2D eigenvalue weighted by Crippen LogP contribution is -1.91. The molecule has 0 amide bonds. The summed E-state index contributed by atoms with van der Waals surface area (Å²) in [5.74, 6) is 0.0492. The zero-order valence-corrected chi connectivity index (χ0v) is 9.70. The van der Waals surface area contributed by atoms with E-state index < -0.39 is 0 Å². The van der Waals surface area contributed by atoms with Gasteiger partial charge in [-0.05, 0) is 19.1 Å². The Hall–Kier alpha value is -1.09. The summed E-state index contributed by atoms with van der Waals surface area (Å²) in [5.41, 5.74) is 1.13.